The highest BCUT2D eigenvalue weighted by atomic mass is 35.5. The number of rotatable bonds is 4. The van der Waals surface area contributed by atoms with Crippen molar-refractivity contribution in [1.29, 1.82) is 0 Å². The van der Waals surface area contributed by atoms with E-state index in [1.165, 1.54) is 0 Å². The molecule has 1 aromatic carbocycles. The van der Waals surface area contributed by atoms with Crippen LogP contribution >= 0.6 is 23.2 Å². The molecule has 0 fully saturated rings. The predicted molar refractivity (Wildman–Crippen MR) is 89.1 cm³/mol. The summed E-state index contributed by atoms with van der Waals surface area (Å²) in [5.41, 5.74) is 1.78. The summed E-state index contributed by atoms with van der Waals surface area (Å²) in [4.78, 5) is 12.6. The van der Waals surface area contributed by atoms with E-state index in [9.17, 15) is 4.79 Å². The summed E-state index contributed by atoms with van der Waals surface area (Å²) in [5, 5.41) is 11.2. The minimum Gasteiger partial charge on any atom is -0.360 e. The predicted octanol–water partition coefficient (Wildman–Crippen LogP) is 4.18. The van der Waals surface area contributed by atoms with Crippen LogP contribution < -0.4 is 5.32 Å². The van der Waals surface area contributed by atoms with Crippen LogP contribution in [0.2, 0.25) is 10.0 Å². The van der Waals surface area contributed by atoms with Crippen LogP contribution in [0.15, 0.2) is 33.3 Å². The van der Waals surface area contributed by atoms with E-state index in [0.29, 0.717) is 32.8 Å². The van der Waals surface area contributed by atoms with Crippen LogP contribution in [0.4, 0.5) is 0 Å². The van der Waals surface area contributed by atoms with Gasteiger partial charge in [0.15, 0.2) is 5.76 Å². The number of aryl methyl sites for hydroxylation is 2. The van der Waals surface area contributed by atoms with Crippen LogP contribution in [0.25, 0.3) is 11.3 Å². The quantitative estimate of drug-likeness (QED) is 0.749. The van der Waals surface area contributed by atoms with Crippen molar-refractivity contribution in [3.8, 4) is 11.3 Å². The largest absolute Gasteiger partial charge is 0.360 e. The van der Waals surface area contributed by atoms with E-state index in [1.54, 1.807) is 38.1 Å². The van der Waals surface area contributed by atoms with Crippen LogP contribution in [-0.2, 0) is 6.54 Å². The van der Waals surface area contributed by atoms with E-state index in [4.69, 9.17) is 32.2 Å². The van der Waals surface area contributed by atoms with Gasteiger partial charge in [-0.2, -0.15) is 0 Å². The Morgan fingerprint density at radius 2 is 1.88 bits per heavy atom. The van der Waals surface area contributed by atoms with Gasteiger partial charge in [0.05, 0.1) is 22.3 Å². The molecule has 0 aliphatic rings. The lowest BCUT2D eigenvalue weighted by molar-refractivity contribution is 0.0946. The lowest BCUT2D eigenvalue weighted by Crippen LogP contribution is -2.23. The molecule has 3 aromatic rings. The molecule has 0 radical (unpaired) electrons. The van der Waals surface area contributed by atoms with Crippen molar-refractivity contribution in [2.24, 2.45) is 0 Å². The van der Waals surface area contributed by atoms with Crippen molar-refractivity contribution in [2.45, 2.75) is 20.4 Å². The summed E-state index contributed by atoms with van der Waals surface area (Å²) in [5.74, 6) is 0.549. The average molecular weight is 366 g/mol. The third-order valence-corrected chi connectivity index (χ3v) is 4.02. The second-order valence-corrected chi connectivity index (χ2v) is 5.99. The van der Waals surface area contributed by atoms with Crippen molar-refractivity contribution in [3.05, 3.63) is 57.1 Å². The lowest BCUT2D eigenvalue weighted by Gasteiger charge is -2.07. The van der Waals surface area contributed by atoms with Gasteiger partial charge >= 0.3 is 0 Å². The van der Waals surface area contributed by atoms with Crippen LogP contribution in [-0.4, -0.2) is 16.2 Å². The molecule has 1 N–H and O–H groups in total. The first kappa shape index (κ1) is 16.5. The Labute approximate surface area is 147 Å². The maximum atomic E-state index is 12.6. The fourth-order valence-electron chi connectivity index (χ4n) is 2.29. The second kappa shape index (κ2) is 6.67. The van der Waals surface area contributed by atoms with E-state index in [-0.39, 0.29) is 18.0 Å². The number of aromatic nitrogens is 2. The van der Waals surface area contributed by atoms with Crippen LogP contribution in [0, 0.1) is 13.8 Å². The zero-order valence-electron chi connectivity index (χ0n) is 12.9. The van der Waals surface area contributed by atoms with E-state index >= 15 is 0 Å². The highest BCUT2D eigenvalue weighted by Gasteiger charge is 2.24. The van der Waals surface area contributed by atoms with Gasteiger partial charge in [0.25, 0.3) is 5.91 Å². The topological polar surface area (TPSA) is 81.2 Å². The van der Waals surface area contributed by atoms with Gasteiger partial charge in [-0.05, 0) is 26.0 Å². The molecule has 6 nitrogen and oxygen atoms in total. The molecule has 0 spiro atoms. The maximum Gasteiger partial charge on any atom is 0.257 e. The van der Waals surface area contributed by atoms with Crippen molar-refractivity contribution >= 4 is 29.1 Å². The number of carbonyl (C=O) groups is 1. The number of benzene rings is 1. The lowest BCUT2D eigenvalue weighted by atomic mass is 10.1. The van der Waals surface area contributed by atoms with Crippen LogP contribution in [0.5, 0.6) is 0 Å². The number of hydrogen-bond donors (Lipinski definition) is 1. The van der Waals surface area contributed by atoms with Gasteiger partial charge in [0, 0.05) is 11.6 Å². The highest BCUT2D eigenvalue weighted by molar-refractivity contribution is 6.39. The Kier molecular flexibility index (Phi) is 4.59. The molecule has 0 aliphatic carbocycles. The standard InChI is InChI=1S/C16H13Cl2N3O3/c1-8-6-10(24-20-8)7-19-16(22)13-9(2)23-21-15(13)14-11(17)4-3-5-12(14)18/h3-6H,7H2,1-2H3,(H,19,22). The normalized spacial score (nSPS) is 10.8. The molecule has 3 rings (SSSR count). The molecule has 124 valence electrons. The smallest absolute Gasteiger partial charge is 0.257 e. The first-order valence-electron chi connectivity index (χ1n) is 7.08. The Balaban J connectivity index is 1.91. The van der Waals surface area contributed by atoms with Crippen molar-refractivity contribution in [3.63, 3.8) is 0 Å². The van der Waals surface area contributed by atoms with Gasteiger partial charge in [-0.15, -0.1) is 0 Å². The molecule has 0 atom stereocenters. The second-order valence-electron chi connectivity index (χ2n) is 5.18. The molecule has 0 aliphatic heterocycles. The molecule has 2 heterocycles. The molecule has 0 saturated carbocycles. The number of amides is 1. The first-order valence-corrected chi connectivity index (χ1v) is 7.84. The first-order chi connectivity index (χ1) is 11.5. The van der Waals surface area contributed by atoms with Crippen LogP contribution in [0.3, 0.4) is 0 Å². The molecule has 2 aromatic heterocycles. The van der Waals surface area contributed by atoms with Gasteiger partial charge in [0.1, 0.15) is 17.0 Å². The molecule has 24 heavy (non-hydrogen) atoms. The number of nitrogens with zero attached hydrogens (tertiary/aromatic N) is 2. The molecule has 0 saturated heterocycles. The fourth-order valence-corrected chi connectivity index (χ4v) is 2.87. The Morgan fingerprint density at radius 3 is 2.50 bits per heavy atom. The molecule has 8 heteroatoms. The summed E-state index contributed by atoms with van der Waals surface area (Å²) in [7, 11) is 0. The van der Waals surface area contributed by atoms with E-state index in [2.05, 4.69) is 15.6 Å². The summed E-state index contributed by atoms with van der Waals surface area (Å²) >= 11 is 12.4. The monoisotopic (exact) mass is 365 g/mol. The zero-order chi connectivity index (χ0) is 17.3. The van der Waals surface area contributed by atoms with E-state index in [0.717, 1.165) is 5.69 Å². The van der Waals surface area contributed by atoms with Crippen molar-refractivity contribution < 1.29 is 13.8 Å². The molecular formula is C16H13Cl2N3O3. The minimum absolute atomic E-state index is 0.194. The van der Waals surface area contributed by atoms with E-state index in [1.807, 2.05) is 0 Å². The minimum atomic E-state index is -0.367. The number of halogens is 2. The highest BCUT2D eigenvalue weighted by Crippen LogP contribution is 2.36. The third kappa shape index (κ3) is 3.16. The maximum absolute atomic E-state index is 12.6. The Morgan fingerprint density at radius 1 is 1.17 bits per heavy atom. The summed E-state index contributed by atoms with van der Waals surface area (Å²) in [6.45, 7) is 3.64. The van der Waals surface area contributed by atoms with Crippen LogP contribution in [0.1, 0.15) is 27.6 Å². The summed E-state index contributed by atoms with van der Waals surface area (Å²) in [6, 6.07) is 6.80. The summed E-state index contributed by atoms with van der Waals surface area (Å²) < 4.78 is 10.2. The van der Waals surface area contributed by atoms with Gasteiger partial charge in [0.2, 0.25) is 0 Å². The van der Waals surface area contributed by atoms with Gasteiger partial charge in [-0.1, -0.05) is 39.6 Å². The van der Waals surface area contributed by atoms with Gasteiger partial charge < -0.3 is 14.4 Å². The third-order valence-electron chi connectivity index (χ3n) is 3.39. The van der Waals surface area contributed by atoms with E-state index < -0.39 is 0 Å². The van der Waals surface area contributed by atoms with Gasteiger partial charge in [-0.25, -0.2) is 0 Å². The average Bonchev–Trinajstić information content (AvgIpc) is 3.11. The number of nitrogens with one attached hydrogen (secondary N) is 1. The fraction of sp³-hybridized carbons (Fsp3) is 0.188. The number of carbonyl (C=O) groups excluding carboxylic acids is 1. The summed E-state index contributed by atoms with van der Waals surface area (Å²) in [6.07, 6.45) is 0. The molecular weight excluding hydrogens is 353 g/mol. The number of hydrogen-bond acceptors (Lipinski definition) is 5. The Hall–Kier alpha value is -2.31. The molecule has 0 bridgehead atoms. The SMILES string of the molecule is Cc1cc(CNC(=O)c2c(-c3c(Cl)cccc3Cl)noc2C)on1. The van der Waals surface area contributed by atoms with Crippen molar-refractivity contribution in [1.82, 2.24) is 15.6 Å². The Bertz CT molecular complexity index is 882. The molecule has 0 unspecified atom stereocenters. The molecule has 1 amide bonds. The van der Waals surface area contributed by atoms with Crippen molar-refractivity contribution in [2.75, 3.05) is 0 Å². The zero-order valence-corrected chi connectivity index (χ0v) is 14.4. The van der Waals surface area contributed by atoms with Gasteiger partial charge in [-0.3, -0.25) is 4.79 Å².